The molecule has 0 saturated heterocycles. The Morgan fingerprint density at radius 3 is 2.33 bits per heavy atom. The smallest absolute Gasteiger partial charge is 0.192 e. The maximum Gasteiger partial charge on any atom is 0.192 e. The van der Waals surface area contributed by atoms with Gasteiger partial charge in [0.1, 0.15) is 0 Å². The first-order valence-corrected chi connectivity index (χ1v) is 8.37. The van der Waals surface area contributed by atoms with E-state index in [-0.39, 0.29) is 5.04 Å². The molecule has 0 aliphatic rings. The molecule has 3 heteroatoms. The zero-order valence-corrected chi connectivity index (χ0v) is 11.6. The maximum absolute atomic E-state index is 9.61. The Labute approximate surface area is 95.2 Å². The molecule has 88 valence electrons. The SMILES string of the molecule is C#CCC[C@@H](O)CO[Si](C)(C)C(C)(C)C. The molecular weight excluding hydrogens is 204 g/mol. The van der Waals surface area contributed by atoms with Gasteiger partial charge in [-0.3, -0.25) is 0 Å². The Kier molecular flexibility index (Phi) is 5.58. The minimum absolute atomic E-state index is 0.193. The van der Waals surface area contributed by atoms with E-state index in [4.69, 9.17) is 10.8 Å². The van der Waals surface area contributed by atoms with Crippen molar-refractivity contribution < 1.29 is 9.53 Å². The third-order valence-corrected chi connectivity index (χ3v) is 7.57. The van der Waals surface area contributed by atoms with Crippen molar-refractivity contribution >= 4 is 8.32 Å². The molecule has 0 amide bonds. The summed E-state index contributed by atoms with van der Waals surface area (Å²) in [6.07, 6.45) is 5.96. The van der Waals surface area contributed by atoms with E-state index in [2.05, 4.69) is 39.8 Å². The van der Waals surface area contributed by atoms with Crippen molar-refractivity contribution in [2.75, 3.05) is 6.61 Å². The second kappa shape index (κ2) is 5.69. The van der Waals surface area contributed by atoms with Gasteiger partial charge in [-0.05, 0) is 24.6 Å². The van der Waals surface area contributed by atoms with Crippen LogP contribution in [0.1, 0.15) is 33.6 Å². The first-order valence-electron chi connectivity index (χ1n) is 5.46. The van der Waals surface area contributed by atoms with E-state index < -0.39 is 14.4 Å². The van der Waals surface area contributed by atoms with Gasteiger partial charge in [-0.1, -0.05) is 20.8 Å². The largest absolute Gasteiger partial charge is 0.414 e. The van der Waals surface area contributed by atoms with Crippen LogP contribution >= 0.6 is 0 Å². The predicted octanol–water partition coefficient (Wildman–Crippen LogP) is 2.78. The van der Waals surface area contributed by atoms with Gasteiger partial charge < -0.3 is 9.53 Å². The molecule has 0 aromatic heterocycles. The number of rotatable bonds is 5. The summed E-state index contributed by atoms with van der Waals surface area (Å²) in [5.74, 6) is 2.52. The molecule has 1 N–H and O–H groups in total. The van der Waals surface area contributed by atoms with Gasteiger partial charge in [-0.25, -0.2) is 0 Å². The van der Waals surface area contributed by atoms with Gasteiger partial charge >= 0.3 is 0 Å². The lowest BCUT2D eigenvalue weighted by Crippen LogP contribution is -2.42. The van der Waals surface area contributed by atoms with Crippen molar-refractivity contribution in [3.05, 3.63) is 0 Å². The molecule has 15 heavy (non-hydrogen) atoms. The molecule has 0 radical (unpaired) electrons. The van der Waals surface area contributed by atoms with E-state index in [1.54, 1.807) is 0 Å². The summed E-state index contributed by atoms with van der Waals surface area (Å²) in [6, 6.07) is 0. The maximum atomic E-state index is 9.61. The molecule has 2 nitrogen and oxygen atoms in total. The summed E-state index contributed by atoms with van der Waals surface area (Å²) < 4.78 is 5.87. The number of hydrogen-bond donors (Lipinski definition) is 1. The summed E-state index contributed by atoms with van der Waals surface area (Å²) in [4.78, 5) is 0. The van der Waals surface area contributed by atoms with Gasteiger partial charge in [0.25, 0.3) is 0 Å². The van der Waals surface area contributed by atoms with Crippen LogP contribution < -0.4 is 0 Å². The third kappa shape index (κ3) is 5.36. The van der Waals surface area contributed by atoms with E-state index in [0.29, 0.717) is 19.4 Å². The van der Waals surface area contributed by atoms with E-state index in [9.17, 15) is 5.11 Å². The summed E-state index contributed by atoms with van der Waals surface area (Å²) in [7, 11) is -1.72. The van der Waals surface area contributed by atoms with Crippen molar-refractivity contribution in [1.29, 1.82) is 0 Å². The average Bonchev–Trinajstić information content (AvgIpc) is 2.09. The van der Waals surface area contributed by atoms with Crippen LogP contribution in [0, 0.1) is 12.3 Å². The predicted molar refractivity (Wildman–Crippen MR) is 67.2 cm³/mol. The second-order valence-electron chi connectivity index (χ2n) is 5.47. The van der Waals surface area contributed by atoms with Crippen molar-refractivity contribution in [3.8, 4) is 12.3 Å². The van der Waals surface area contributed by atoms with Crippen molar-refractivity contribution in [2.45, 2.75) is 57.8 Å². The Morgan fingerprint density at radius 2 is 1.93 bits per heavy atom. The molecule has 0 unspecified atom stereocenters. The van der Waals surface area contributed by atoms with Crippen molar-refractivity contribution in [3.63, 3.8) is 0 Å². The van der Waals surface area contributed by atoms with Crippen LogP contribution in [0.5, 0.6) is 0 Å². The minimum Gasteiger partial charge on any atom is -0.414 e. The van der Waals surface area contributed by atoms with Crippen LogP contribution in [0.4, 0.5) is 0 Å². The molecule has 0 bridgehead atoms. The van der Waals surface area contributed by atoms with Gasteiger partial charge in [0.15, 0.2) is 8.32 Å². The second-order valence-corrected chi connectivity index (χ2v) is 10.3. The Balaban J connectivity index is 4.00. The fourth-order valence-corrected chi connectivity index (χ4v) is 1.90. The number of terminal acetylenes is 1. The molecular formula is C12H24O2Si. The molecule has 1 atom stereocenters. The van der Waals surface area contributed by atoms with Crippen LogP contribution in [0.2, 0.25) is 18.1 Å². The lowest BCUT2D eigenvalue weighted by molar-refractivity contribution is 0.0941. The standard InChI is InChI=1S/C12H24O2Si/c1-7-8-9-11(13)10-14-15(5,6)12(2,3)4/h1,11,13H,8-10H2,2-6H3/t11-/m1/s1. The molecule has 0 aromatic carbocycles. The normalized spacial score (nSPS) is 14.7. The number of hydrogen-bond acceptors (Lipinski definition) is 2. The molecule has 0 rings (SSSR count). The molecule has 0 heterocycles. The van der Waals surface area contributed by atoms with Crippen LogP contribution in [0.3, 0.4) is 0 Å². The lowest BCUT2D eigenvalue weighted by atomic mass is 10.2. The average molecular weight is 228 g/mol. The van der Waals surface area contributed by atoms with Crippen LogP contribution in [-0.4, -0.2) is 26.1 Å². The van der Waals surface area contributed by atoms with Crippen molar-refractivity contribution in [2.24, 2.45) is 0 Å². The zero-order valence-electron chi connectivity index (χ0n) is 10.6. The summed E-state index contributed by atoms with van der Waals surface area (Å²) >= 11 is 0. The summed E-state index contributed by atoms with van der Waals surface area (Å²) in [6.45, 7) is 11.3. The van der Waals surface area contributed by atoms with Gasteiger partial charge in [0.2, 0.25) is 0 Å². The van der Waals surface area contributed by atoms with Gasteiger partial charge in [0.05, 0.1) is 12.7 Å². The first-order chi connectivity index (χ1) is 6.70. The van der Waals surface area contributed by atoms with E-state index >= 15 is 0 Å². The van der Waals surface area contributed by atoms with E-state index in [1.165, 1.54) is 0 Å². The number of aliphatic hydroxyl groups excluding tert-OH is 1. The molecule has 0 aliphatic carbocycles. The summed E-state index contributed by atoms with van der Waals surface area (Å²) in [5, 5.41) is 9.80. The lowest BCUT2D eigenvalue weighted by Gasteiger charge is -2.36. The molecule has 0 saturated carbocycles. The monoisotopic (exact) mass is 228 g/mol. The highest BCUT2D eigenvalue weighted by molar-refractivity contribution is 6.74. The molecule has 0 aliphatic heterocycles. The first kappa shape index (κ1) is 14.7. The van der Waals surface area contributed by atoms with Crippen LogP contribution in [0.15, 0.2) is 0 Å². The van der Waals surface area contributed by atoms with Crippen molar-refractivity contribution in [1.82, 2.24) is 0 Å². The highest BCUT2D eigenvalue weighted by Gasteiger charge is 2.37. The van der Waals surface area contributed by atoms with Gasteiger partial charge in [0, 0.05) is 6.42 Å². The fraction of sp³-hybridized carbons (Fsp3) is 0.833. The molecule has 0 fully saturated rings. The Morgan fingerprint density at radius 1 is 1.40 bits per heavy atom. The molecule has 0 spiro atoms. The van der Waals surface area contributed by atoms with E-state index in [0.717, 1.165) is 0 Å². The minimum atomic E-state index is -1.72. The number of aliphatic hydroxyl groups is 1. The van der Waals surface area contributed by atoms with Gasteiger partial charge in [-0.2, -0.15) is 0 Å². The highest BCUT2D eigenvalue weighted by Crippen LogP contribution is 2.36. The topological polar surface area (TPSA) is 29.5 Å². The Hall–Kier alpha value is -0.303. The van der Waals surface area contributed by atoms with Crippen LogP contribution in [-0.2, 0) is 4.43 Å². The van der Waals surface area contributed by atoms with Crippen LogP contribution in [0.25, 0.3) is 0 Å². The molecule has 0 aromatic rings. The van der Waals surface area contributed by atoms with Gasteiger partial charge in [-0.15, -0.1) is 12.3 Å². The quantitative estimate of drug-likeness (QED) is 0.579. The Bertz CT molecular complexity index is 223. The third-order valence-electron chi connectivity index (χ3n) is 3.06. The zero-order chi connectivity index (χ0) is 12.1. The highest BCUT2D eigenvalue weighted by atomic mass is 28.4. The fourth-order valence-electron chi connectivity index (χ4n) is 0.854. The van der Waals surface area contributed by atoms with E-state index in [1.807, 2.05) is 0 Å². The summed E-state index contributed by atoms with van der Waals surface area (Å²) in [5.41, 5.74) is 0.